The van der Waals surface area contributed by atoms with Crippen molar-refractivity contribution in [2.75, 3.05) is 19.6 Å². The molecule has 1 saturated heterocycles. The van der Waals surface area contributed by atoms with Gasteiger partial charge in [0.25, 0.3) is 0 Å². The quantitative estimate of drug-likeness (QED) is 0.804. The van der Waals surface area contributed by atoms with Gasteiger partial charge in [0.15, 0.2) is 0 Å². The minimum absolute atomic E-state index is 0.0198. The molecule has 1 fully saturated rings. The Morgan fingerprint density at radius 3 is 2.63 bits per heavy atom. The van der Waals surface area contributed by atoms with Gasteiger partial charge in [-0.1, -0.05) is 24.3 Å². The maximum absolute atomic E-state index is 12.6. The van der Waals surface area contributed by atoms with Gasteiger partial charge in [0.2, 0.25) is 5.91 Å². The van der Waals surface area contributed by atoms with Gasteiger partial charge in [-0.2, -0.15) is 5.26 Å². The van der Waals surface area contributed by atoms with Gasteiger partial charge in [0, 0.05) is 25.6 Å². The molecule has 1 aromatic rings. The number of hydrogen-bond acceptors (Lipinski definition) is 3. The number of rotatable bonds is 1. The molecule has 3 rings (SSSR count). The zero-order valence-corrected chi connectivity index (χ0v) is 10.8. The van der Waals surface area contributed by atoms with E-state index in [1.54, 1.807) is 4.90 Å². The van der Waals surface area contributed by atoms with Gasteiger partial charge in [-0.25, -0.2) is 0 Å². The summed E-state index contributed by atoms with van der Waals surface area (Å²) >= 11 is 0. The third-order valence-corrected chi connectivity index (χ3v) is 4.08. The minimum atomic E-state index is -0.315. The predicted molar refractivity (Wildman–Crippen MR) is 71.3 cm³/mol. The van der Waals surface area contributed by atoms with Gasteiger partial charge < -0.3 is 10.2 Å². The van der Waals surface area contributed by atoms with E-state index in [0.29, 0.717) is 13.1 Å². The molecular formula is C15H17N3O. The molecular weight excluding hydrogens is 238 g/mol. The van der Waals surface area contributed by atoms with Crippen LogP contribution >= 0.6 is 0 Å². The van der Waals surface area contributed by atoms with Crippen LogP contribution in [0, 0.1) is 17.2 Å². The number of nitrogens with one attached hydrogen (secondary N) is 1. The van der Waals surface area contributed by atoms with E-state index in [-0.39, 0.29) is 17.9 Å². The third kappa shape index (κ3) is 2.22. The highest BCUT2D eigenvalue weighted by atomic mass is 16.2. The van der Waals surface area contributed by atoms with E-state index in [0.717, 1.165) is 19.4 Å². The first kappa shape index (κ1) is 12.2. The standard InChI is InChI=1S/C15H17N3O/c16-9-14-10-17-5-6-18(14)15(19)13-7-11-3-1-2-4-12(11)8-13/h1-4,13-14,17H,5-8,10H2. The fourth-order valence-corrected chi connectivity index (χ4v) is 3.05. The zero-order valence-electron chi connectivity index (χ0n) is 10.8. The fraction of sp³-hybridized carbons (Fsp3) is 0.467. The Morgan fingerprint density at radius 2 is 2.00 bits per heavy atom. The Labute approximate surface area is 113 Å². The predicted octanol–water partition coefficient (Wildman–Crippen LogP) is 0.725. The number of carbonyl (C=O) groups is 1. The lowest BCUT2D eigenvalue weighted by Gasteiger charge is -2.33. The number of nitriles is 1. The van der Waals surface area contributed by atoms with Crippen molar-refractivity contribution < 1.29 is 4.79 Å². The Morgan fingerprint density at radius 1 is 1.32 bits per heavy atom. The average Bonchev–Trinajstić information content (AvgIpc) is 2.90. The van der Waals surface area contributed by atoms with E-state index in [4.69, 9.17) is 5.26 Å². The Balaban J connectivity index is 1.74. The summed E-state index contributed by atoms with van der Waals surface area (Å²) < 4.78 is 0. The number of fused-ring (bicyclic) bond motifs is 1. The molecule has 0 bridgehead atoms. The number of amides is 1. The van der Waals surface area contributed by atoms with E-state index < -0.39 is 0 Å². The second-order valence-electron chi connectivity index (χ2n) is 5.25. The molecule has 2 aliphatic rings. The number of hydrogen-bond donors (Lipinski definition) is 1. The van der Waals surface area contributed by atoms with Gasteiger partial charge in [-0.05, 0) is 24.0 Å². The lowest BCUT2D eigenvalue weighted by molar-refractivity contribution is -0.137. The summed E-state index contributed by atoms with van der Waals surface area (Å²) in [6, 6.07) is 10.2. The largest absolute Gasteiger partial charge is 0.324 e. The molecule has 1 aromatic carbocycles. The van der Waals surface area contributed by atoms with Crippen LogP contribution in [0.2, 0.25) is 0 Å². The minimum Gasteiger partial charge on any atom is -0.324 e. The van der Waals surface area contributed by atoms with Crippen molar-refractivity contribution >= 4 is 5.91 Å². The first-order valence-corrected chi connectivity index (χ1v) is 6.77. The molecule has 4 nitrogen and oxygen atoms in total. The van der Waals surface area contributed by atoms with E-state index in [2.05, 4.69) is 23.5 Å². The molecule has 1 aliphatic heterocycles. The maximum atomic E-state index is 12.6. The van der Waals surface area contributed by atoms with Crippen molar-refractivity contribution in [3.05, 3.63) is 35.4 Å². The molecule has 4 heteroatoms. The monoisotopic (exact) mass is 255 g/mol. The lowest BCUT2D eigenvalue weighted by Crippen LogP contribution is -2.54. The number of nitrogens with zero attached hydrogens (tertiary/aromatic N) is 2. The normalized spacial score (nSPS) is 22.9. The molecule has 1 unspecified atom stereocenters. The SMILES string of the molecule is N#CC1CNCCN1C(=O)C1Cc2ccccc2C1. The summed E-state index contributed by atoms with van der Waals surface area (Å²) in [6.45, 7) is 2.01. The Hall–Kier alpha value is -1.86. The van der Waals surface area contributed by atoms with Crippen LogP contribution in [0.5, 0.6) is 0 Å². The van der Waals surface area contributed by atoms with Crippen molar-refractivity contribution in [1.82, 2.24) is 10.2 Å². The molecule has 0 saturated carbocycles. The second-order valence-corrected chi connectivity index (χ2v) is 5.25. The van der Waals surface area contributed by atoms with Crippen molar-refractivity contribution in [3.63, 3.8) is 0 Å². The number of carbonyl (C=O) groups excluding carboxylic acids is 1. The summed E-state index contributed by atoms with van der Waals surface area (Å²) in [7, 11) is 0. The summed E-state index contributed by atoms with van der Waals surface area (Å²) in [4.78, 5) is 14.3. The zero-order chi connectivity index (χ0) is 13.2. The summed E-state index contributed by atoms with van der Waals surface area (Å²) in [5, 5.41) is 12.3. The third-order valence-electron chi connectivity index (χ3n) is 4.08. The molecule has 98 valence electrons. The van der Waals surface area contributed by atoms with Crippen LogP contribution in [0.1, 0.15) is 11.1 Å². The molecule has 1 amide bonds. The average molecular weight is 255 g/mol. The smallest absolute Gasteiger partial charge is 0.227 e. The Bertz CT molecular complexity index is 509. The van der Waals surface area contributed by atoms with Crippen LogP contribution in [0.25, 0.3) is 0 Å². The highest BCUT2D eigenvalue weighted by Crippen LogP contribution is 2.28. The van der Waals surface area contributed by atoms with Gasteiger partial charge in [-0.3, -0.25) is 4.79 Å². The van der Waals surface area contributed by atoms with Gasteiger partial charge in [-0.15, -0.1) is 0 Å². The van der Waals surface area contributed by atoms with Crippen LogP contribution in [0.15, 0.2) is 24.3 Å². The fourth-order valence-electron chi connectivity index (χ4n) is 3.05. The van der Waals surface area contributed by atoms with Gasteiger partial charge in [0.1, 0.15) is 6.04 Å². The van der Waals surface area contributed by atoms with Crippen molar-refractivity contribution in [2.24, 2.45) is 5.92 Å². The van der Waals surface area contributed by atoms with Crippen LogP contribution < -0.4 is 5.32 Å². The van der Waals surface area contributed by atoms with Crippen LogP contribution in [0.4, 0.5) is 0 Å². The first-order valence-electron chi connectivity index (χ1n) is 6.77. The first-order chi connectivity index (χ1) is 9.29. The number of benzene rings is 1. The summed E-state index contributed by atoms with van der Waals surface area (Å²) in [6.07, 6.45) is 1.63. The van der Waals surface area contributed by atoms with E-state index >= 15 is 0 Å². The maximum Gasteiger partial charge on any atom is 0.227 e. The summed E-state index contributed by atoms with van der Waals surface area (Å²) in [5.74, 6) is 0.163. The molecule has 0 aromatic heterocycles. The molecule has 1 atom stereocenters. The highest BCUT2D eigenvalue weighted by Gasteiger charge is 2.34. The van der Waals surface area contributed by atoms with Crippen molar-refractivity contribution in [2.45, 2.75) is 18.9 Å². The van der Waals surface area contributed by atoms with Crippen molar-refractivity contribution in [1.29, 1.82) is 5.26 Å². The summed E-state index contributed by atoms with van der Waals surface area (Å²) in [5.41, 5.74) is 2.56. The van der Waals surface area contributed by atoms with Gasteiger partial charge >= 0.3 is 0 Å². The molecule has 1 N–H and O–H groups in total. The van der Waals surface area contributed by atoms with Crippen molar-refractivity contribution in [3.8, 4) is 6.07 Å². The molecule has 19 heavy (non-hydrogen) atoms. The molecule has 1 heterocycles. The molecule has 1 aliphatic carbocycles. The lowest BCUT2D eigenvalue weighted by atomic mass is 10.0. The second kappa shape index (κ2) is 5.02. The van der Waals surface area contributed by atoms with Gasteiger partial charge in [0.05, 0.1) is 6.07 Å². The van der Waals surface area contributed by atoms with E-state index in [9.17, 15) is 4.79 Å². The van der Waals surface area contributed by atoms with E-state index in [1.807, 2.05) is 12.1 Å². The molecule has 0 spiro atoms. The topological polar surface area (TPSA) is 56.1 Å². The number of piperazine rings is 1. The van der Waals surface area contributed by atoms with Crippen LogP contribution in [-0.2, 0) is 17.6 Å². The van der Waals surface area contributed by atoms with E-state index in [1.165, 1.54) is 11.1 Å². The van der Waals surface area contributed by atoms with Crippen LogP contribution in [-0.4, -0.2) is 36.5 Å². The van der Waals surface area contributed by atoms with Crippen LogP contribution in [0.3, 0.4) is 0 Å². The molecule has 0 radical (unpaired) electrons. The highest BCUT2D eigenvalue weighted by molar-refractivity contribution is 5.81. The Kier molecular flexibility index (Phi) is 3.22.